The Morgan fingerprint density at radius 1 is 1.24 bits per heavy atom. The fourth-order valence-electron chi connectivity index (χ4n) is 2.78. The van der Waals surface area contributed by atoms with E-state index in [4.69, 9.17) is 0 Å². The van der Waals surface area contributed by atoms with E-state index in [1.807, 2.05) is 38.1 Å². The molecular weight excluding hydrogens is 268 g/mol. The Morgan fingerprint density at radius 3 is 2.43 bits per heavy atom. The lowest BCUT2D eigenvalue weighted by molar-refractivity contribution is -0.140. The number of rotatable bonds is 4. The molecule has 0 aliphatic heterocycles. The van der Waals surface area contributed by atoms with E-state index in [9.17, 15) is 14.7 Å². The highest BCUT2D eigenvalue weighted by Gasteiger charge is 2.53. The summed E-state index contributed by atoms with van der Waals surface area (Å²) in [5.74, 6) is -0.814. The van der Waals surface area contributed by atoms with Gasteiger partial charge >= 0.3 is 11.7 Å². The molecule has 0 atom stereocenters. The van der Waals surface area contributed by atoms with Crippen LogP contribution in [0.5, 0.6) is 0 Å². The molecule has 1 aliphatic rings. The first-order valence-electron chi connectivity index (χ1n) is 7.10. The lowest BCUT2D eigenvalue weighted by Crippen LogP contribution is -2.27. The molecule has 1 N–H and O–H groups in total. The number of hydrogen-bond acceptors (Lipinski definition) is 2. The number of benzene rings is 1. The van der Waals surface area contributed by atoms with Gasteiger partial charge in [0.25, 0.3) is 0 Å². The second-order valence-corrected chi connectivity index (χ2v) is 5.86. The molecule has 21 heavy (non-hydrogen) atoms. The first-order valence-corrected chi connectivity index (χ1v) is 7.10. The van der Waals surface area contributed by atoms with Gasteiger partial charge in [0.1, 0.15) is 0 Å². The van der Waals surface area contributed by atoms with Gasteiger partial charge in [0.05, 0.1) is 11.1 Å². The zero-order chi connectivity index (χ0) is 15.2. The molecule has 0 bridgehead atoms. The summed E-state index contributed by atoms with van der Waals surface area (Å²) >= 11 is 0. The van der Waals surface area contributed by atoms with Crippen molar-refractivity contribution in [3.63, 3.8) is 0 Å². The predicted molar refractivity (Wildman–Crippen MR) is 79.0 cm³/mol. The van der Waals surface area contributed by atoms with Crippen molar-refractivity contribution in [1.29, 1.82) is 0 Å². The Labute approximate surface area is 122 Å². The normalized spacial score (nSPS) is 16.1. The van der Waals surface area contributed by atoms with Gasteiger partial charge in [-0.3, -0.25) is 13.9 Å². The van der Waals surface area contributed by atoms with E-state index in [1.54, 1.807) is 21.5 Å². The van der Waals surface area contributed by atoms with Crippen molar-refractivity contribution in [3.8, 4) is 5.69 Å². The SMILES string of the molecule is CC(C)n1ccn(-c2ccccc2C2(C(=O)O)CC2)c1=O. The summed E-state index contributed by atoms with van der Waals surface area (Å²) in [5, 5.41) is 9.50. The molecule has 0 radical (unpaired) electrons. The smallest absolute Gasteiger partial charge is 0.332 e. The van der Waals surface area contributed by atoms with Crippen molar-refractivity contribution in [2.45, 2.75) is 38.1 Å². The van der Waals surface area contributed by atoms with E-state index in [0.717, 1.165) is 5.56 Å². The maximum atomic E-state index is 12.5. The monoisotopic (exact) mass is 286 g/mol. The van der Waals surface area contributed by atoms with Crippen molar-refractivity contribution in [2.24, 2.45) is 0 Å². The van der Waals surface area contributed by atoms with Gasteiger partial charge in [0.15, 0.2) is 0 Å². The summed E-state index contributed by atoms with van der Waals surface area (Å²) in [7, 11) is 0. The van der Waals surface area contributed by atoms with Gasteiger partial charge in [-0.15, -0.1) is 0 Å². The number of imidazole rings is 1. The highest BCUT2D eigenvalue weighted by molar-refractivity contribution is 5.86. The molecule has 1 saturated carbocycles. The molecule has 1 heterocycles. The van der Waals surface area contributed by atoms with E-state index in [1.165, 1.54) is 0 Å². The fourth-order valence-corrected chi connectivity index (χ4v) is 2.78. The van der Waals surface area contributed by atoms with Gasteiger partial charge in [-0.2, -0.15) is 0 Å². The lowest BCUT2D eigenvalue weighted by atomic mass is 9.94. The Bertz CT molecular complexity index is 751. The van der Waals surface area contributed by atoms with E-state index in [2.05, 4.69) is 0 Å². The van der Waals surface area contributed by atoms with E-state index in [0.29, 0.717) is 18.5 Å². The van der Waals surface area contributed by atoms with Gasteiger partial charge < -0.3 is 5.11 Å². The number of carboxylic acid groups (broad SMARTS) is 1. The number of carboxylic acids is 1. The molecule has 0 amide bonds. The second kappa shape index (κ2) is 4.62. The number of carbonyl (C=O) groups is 1. The van der Waals surface area contributed by atoms with Crippen molar-refractivity contribution in [2.75, 3.05) is 0 Å². The third kappa shape index (κ3) is 2.00. The Morgan fingerprint density at radius 2 is 1.90 bits per heavy atom. The van der Waals surface area contributed by atoms with Gasteiger partial charge in [0, 0.05) is 18.4 Å². The largest absolute Gasteiger partial charge is 0.481 e. The van der Waals surface area contributed by atoms with Crippen LogP contribution in [0, 0.1) is 0 Å². The fraction of sp³-hybridized carbons (Fsp3) is 0.375. The molecule has 110 valence electrons. The van der Waals surface area contributed by atoms with E-state index in [-0.39, 0.29) is 11.7 Å². The molecule has 1 aliphatic carbocycles. The molecule has 0 unspecified atom stereocenters. The topological polar surface area (TPSA) is 64.2 Å². The molecule has 0 spiro atoms. The van der Waals surface area contributed by atoms with Crippen LogP contribution in [-0.4, -0.2) is 20.2 Å². The van der Waals surface area contributed by atoms with Crippen molar-refractivity contribution < 1.29 is 9.90 Å². The number of aliphatic carboxylic acids is 1. The minimum absolute atomic E-state index is 0.0697. The number of nitrogens with zero attached hydrogens (tertiary/aromatic N) is 2. The maximum Gasteiger partial charge on any atom is 0.332 e. The van der Waals surface area contributed by atoms with Crippen LogP contribution >= 0.6 is 0 Å². The molecule has 1 aromatic carbocycles. The minimum atomic E-state index is -0.823. The summed E-state index contributed by atoms with van der Waals surface area (Å²) in [5.41, 5.74) is 0.428. The summed E-state index contributed by atoms with van der Waals surface area (Å²) in [6.07, 6.45) is 4.70. The average molecular weight is 286 g/mol. The van der Waals surface area contributed by atoms with Crippen LogP contribution < -0.4 is 5.69 Å². The molecule has 1 aromatic heterocycles. The summed E-state index contributed by atoms with van der Waals surface area (Å²) in [4.78, 5) is 24.0. The molecule has 0 saturated heterocycles. The molecular formula is C16H18N2O3. The lowest BCUT2D eigenvalue weighted by Gasteiger charge is -2.15. The van der Waals surface area contributed by atoms with Crippen LogP contribution in [0.3, 0.4) is 0 Å². The maximum absolute atomic E-state index is 12.5. The van der Waals surface area contributed by atoms with Crippen molar-refractivity contribution in [1.82, 2.24) is 9.13 Å². The minimum Gasteiger partial charge on any atom is -0.481 e. The zero-order valence-electron chi connectivity index (χ0n) is 12.1. The summed E-state index contributed by atoms with van der Waals surface area (Å²) in [6.45, 7) is 3.88. The predicted octanol–water partition coefficient (Wildman–Crippen LogP) is 2.34. The highest BCUT2D eigenvalue weighted by Crippen LogP contribution is 2.50. The second-order valence-electron chi connectivity index (χ2n) is 5.86. The molecule has 2 aromatic rings. The highest BCUT2D eigenvalue weighted by atomic mass is 16.4. The first-order chi connectivity index (χ1) is 9.97. The Kier molecular flexibility index (Phi) is 3.01. The van der Waals surface area contributed by atoms with Gasteiger partial charge in [0.2, 0.25) is 0 Å². The van der Waals surface area contributed by atoms with Gasteiger partial charge in [-0.25, -0.2) is 4.79 Å². The average Bonchev–Trinajstić information content (AvgIpc) is 3.17. The first kappa shape index (κ1) is 13.7. The third-order valence-electron chi connectivity index (χ3n) is 4.20. The molecule has 5 nitrogen and oxygen atoms in total. The zero-order valence-corrected chi connectivity index (χ0v) is 12.1. The Hall–Kier alpha value is -2.30. The van der Waals surface area contributed by atoms with Crippen LogP contribution in [-0.2, 0) is 10.2 Å². The van der Waals surface area contributed by atoms with Crippen LogP contribution in [0.1, 0.15) is 38.3 Å². The van der Waals surface area contributed by atoms with Crippen LogP contribution in [0.25, 0.3) is 5.69 Å². The third-order valence-corrected chi connectivity index (χ3v) is 4.20. The van der Waals surface area contributed by atoms with Crippen molar-refractivity contribution >= 4 is 5.97 Å². The quantitative estimate of drug-likeness (QED) is 0.938. The molecule has 3 rings (SSSR count). The van der Waals surface area contributed by atoms with E-state index >= 15 is 0 Å². The van der Waals surface area contributed by atoms with Crippen molar-refractivity contribution in [3.05, 3.63) is 52.7 Å². The van der Waals surface area contributed by atoms with E-state index < -0.39 is 11.4 Å². The summed E-state index contributed by atoms with van der Waals surface area (Å²) in [6, 6.07) is 7.35. The van der Waals surface area contributed by atoms with Crippen LogP contribution in [0.2, 0.25) is 0 Å². The number of hydrogen-bond donors (Lipinski definition) is 1. The summed E-state index contributed by atoms with van der Waals surface area (Å²) < 4.78 is 3.18. The van der Waals surface area contributed by atoms with Gasteiger partial charge in [-0.05, 0) is 38.3 Å². The molecule has 1 fully saturated rings. The standard InChI is InChI=1S/C16H18N2O3/c1-11(2)17-9-10-18(15(17)21)13-6-4-3-5-12(13)16(7-8-16)14(19)20/h3-6,9-11H,7-8H2,1-2H3,(H,19,20). The van der Waals surface area contributed by atoms with Crippen LogP contribution in [0.15, 0.2) is 41.5 Å². The van der Waals surface area contributed by atoms with Gasteiger partial charge in [-0.1, -0.05) is 18.2 Å². The number of aromatic nitrogens is 2. The Balaban J connectivity index is 2.17. The molecule has 5 heteroatoms. The van der Waals surface area contributed by atoms with Crippen LogP contribution in [0.4, 0.5) is 0 Å². The number of para-hydroxylation sites is 1.